The van der Waals surface area contributed by atoms with E-state index in [-0.39, 0.29) is 21.1 Å². The van der Waals surface area contributed by atoms with Crippen molar-refractivity contribution in [2.75, 3.05) is 6.26 Å². The average molecular weight is 319 g/mol. The number of halogens is 2. The molecule has 0 fully saturated rings. The maximum Gasteiger partial charge on any atom is 0.242 e. The number of nitrogens with zero attached hydrogens (tertiary/aromatic N) is 2. The Kier molecular flexibility index (Phi) is 3.93. The van der Waals surface area contributed by atoms with Crippen molar-refractivity contribution in [2.45, 2.75) is 4.90 Å². The van der Waals surface area contributed by atoms with Crippen LogP contribution in [-0.2, 0) is 9.84 Å². The van der Waals surface area contributed by atoms with Crippen LogP contribution in [0.4, 0.5) is 0 Å². The van der Waals surface area contributed by atoms with Gasteiger partial charge in [0.25, 0.3) is 0 Å². The van der Waals surface area contributed by atoms with E-state index in [1.54, 1.807) is 0 Å². The van der Waals surface area contributed by atoms with Crippen LogP contribution in [0.5, 0.6) is 11.6 Å². The van der Waals surface area contributed by atoms with Gasteiger partial charge in [-0.2, -0.15) is 4.98 Å². The lowest BCUT2D eigenvalue weighted by atomic mass is 10.3. The summed E-state index contributed by atoms with van der Waals surface area (Å²) < 4.78 is 28.0. The van der Waals surface area contributed by atoms with E-state index in [0.717, 1.165) is 6.26 Å². The van der Waals surface area contributed by atoms with Crippen LogP contribution in [0.1, 0.15) is 0 Å². The van der Waals surface area contributed by atoms with Gasteiger partial charge in [0, 0.05) is 6.26 Å². The molecule has 0 unspecified atom stereocenters. The normalized spacial score (nSPS) is 11.3. The fourth-order valence-corrected chi connectivity index (χ4v) is 2.15. The van der Waals surface area contributed by atoms with E-state index in [2.05, 4.69) is 9.97 Å². The third-order valence-electron chi connectivity index (χ3n) is 2.15. The lowest BCUT2D eigenvalue weighted by Crippen LogP contribution is -1.97. The summed E-state index contributed by atoms with van der Waals surface area (Å²) in [5.41, 5.74) is 0. The molecule has 0 saturated heterocycles. The van der Waals surface area contributed by atoms with E-state index in [1.165, 1.54) is 30.5 Å². The highest BCUT2D eigenvalue weighted by Gasteiger charge is 2.09. The smallest absolute Gasteiger partial charge is 0.242 e. The van der Waals surface area contributed by atoms with Gasteiger partial charge in [-0.15, -0.1) is 0 Å². The minimum Gasteiger partial charge on any atom is -0.437 e. The Morgan fingerprint density at radius 1 is 1.16 bits per heavy atom. The molecule has 2 aromatic rings. The molecule has 5 nitrogen and oxygen atoms in total. The molecule has 100 valence electrons. The lowest BCUT2D eigenvalue weighted by molar-refractivity contribution is 0.461. The van der Waals surface area contributed by atoms with Crippen molar-refractivity contribution >= 4 is 33.0 Å². The number of rotatable bonds is 3. The van der Waals surface area contributed by atoms with Crippen LogP contribution in [0.25, 0.3) is 0 Å². The standard InChI is InChI=1S/C11H8Cl2N2O3S/c1-19(16,17)8-4-2-7(3-5-8)18-10-9(12)6-14-11(13)15-10/h2-6H,1H3. The van der Waals surface area contributed by atoms with E-state index in [4.69, 9.17) is 27.9 Å². The molecule has 1 aromatic heterocycles. The highest BCUT2D eigenvalue weighted by atomic mass is 35.5. The minimum atomic E-state index is -3.24. The Morgan fingerprint density at radius 2 is 1.79 bits per heavy atom. The molecule has 0 amide bonds. The van der Waals surface area contributed by atoms with E-state index in [9.17, 15) is 8.42 Å². The predicted molar refractivity (Wildman–Crippen MR) is 71.7 cm³/mol. The summed E-state index contributed by atoms with van der Waals surface area (Å²) in [7, 11) is -3.24. The van der Waals surface area contributed by atoms with Crippen LogP contribution in [0.15, 0.2) is 35.4 Å². The monoisotopic (exact) mass is 318 g/mol. The Morgan fingerprint density at radius 3 is 2.37 bits per heavy atom. The van der Waals surface area contributed by atoms with Crippen molar-refractivity contribution in [3.8, 4) is 11.6 Å². The molecule has 0 radical (unpaired) electrons. The molecule has 0 N–H and O–H groups in total. The zero-order chi connectivity index (χ0) is 14.0. The highest BCUT2D eigenvalue weighted by Crippen LogP contribution is 2.28. The second-order valence-corrected chi connectivity index (χ2v) is 6.40. The molecule has 0 bridgehead atoms. The van der Waals surface area contributed by atoms with E-state index < -0.39 is 9.84 Å². The van der Waals surface area contributed by atoms with Gasteiger partial charge in [0.05, 0.1) is 11.1 Å². The van der Waals surface area contributed by atoms with Gasteiger partial charge in [-0.25, -0.2) is 13.4 Å². The maximum absolute atomic E-state index is 11.3. The molecule has 1 aromatic carbocycles. The topological polar surface area (TPSA) is 69.2 Å². The Balaban J connectivity index is 2.27. The molecule has 19 heavy (non-hydrogen) atoms. The van der Waals surface area contributed by atoms with E-state index >= 15 is 0 Å². The first-order chi connectivity index (χ1) is 8.86. The second kappa shape index (κ2) is 5.32. The number of aromatic nitrogens is 2. The van der Waals surface area contributed by atoms with Crippen molar-refractivity contribution in [3.63, 3.8) is 0 Å². The summed E-state index contributed by atoms with van der Waals surface area (Å²) in [6.45, 7) is 0. The minimum absolute atomic E-state index is 0.00663. The summed E-state index contributed by atoms with van der Waals surface area (Å²) in [6.07, 6.45) is 2.45. The summed E-state index contributed by atoms with van der Waals surface area (Å²) in [5, 5.41) is 0.212. The quantitative estimate of drug-likeness (QED) is 0.814. The zero-order valence-corrected chi connectivity index (χ0v) is 12.0. The maximum atomic E-state index is 11.3. The van der Waals surface area contributed by atoms with Gasteiger partial charge in [0.15, 0.2) is 9.84 Å². The fraction of sp³-hybridized carbons (Fsp3) is 0.0909. The zero-order valence-electron chi connectivity index (χ0n) is 9.67. The second-order valence-electron chi connectivity index (χ2n) is 3.64. The van der Waals surface area contributed by atoms with Crippen LogP contribution in [-0.4, -0.2) is 24.6 Å². The molecule has 0 spiro atoms. The van der Waals surface area contributed by atoms with Crippen LogP contribution in [0.2, 0.25) is 10.3 Å². The first-order valence-corrected chi connectivity index (χ1v) is 7.67. The lowest BCUT2D eigenvalue weighted by Gasteiger charge is -2.06. The molecular weight excluding hydrogens is 311 g/mol. The van der Waals surface area contributed by atoms with Crippen molar-refractivity contribution in [1.29, 1.82) is 0 Å². The van der Waals surface area contributed by atoms with Crippen molar-refractivity contribution in [3.05, 3.63) is 40.8 Å². The molecule has 0 aliphatic heterocycles. The molecule has 1 heterocycles. The first-order valence-electron chi connectivity index (χ1n) is 5.02. The van der Waals surface area contributed by atoms with Crippen LogP contribution in [0, 0.1) is 0 Å². The number of sulfone groups is 1. The SMILES string of the molecule is CS(=O)(=O)c1ccc(Oc2nc(Cl)ncc2Cl)cc1. The van der Waals surface area contributed by atoms with Crippen LogP contribution < -0.4 is 4.74 Å². The average Bonchev–Trinajstić information content (AvgIpc) is 2.33. The molecule has 0 atom stereocenters. The molecule has 8 heteroatoms. The third kappa shape index (κ3) is 3.56. The summed E-state index contributed by atoms with van der Waals surface area (Å²) in [6, 6.07) is 5.87. The van der Waals surface area contributed by atoms with Crippen LogP contribution in [0.3, 0.4) is 0 Å². The number of hydrogen-bond donors (Lipinski definition) is 0. The Labute approximate surface area is 120 Å². The van der Waals surface area contributed by atoms with Gasteiger partial charge in [-0.05, 0) is 35.9 Å². The van der Waals surface area contributed by atoms with E-state index in [0.29, 0.717) is 5.75 Å². The van der Waals surface area contributed by atoms with Gasteiger partial charge in [-0.3, -0.25) is 0 Å². The molecule has 0 saturated carbocycles. The third-order valence-corrected chi connectivity index (χ3v) is 3.72. The number of hydrogen-bond acceptors (Lipinski definition) is 5. The molecule has 2 rings (SSSR count). The first kappa shape index (κ1) is 14.0. The fourth-order valence-electron chi connectivity index (χ4n) is 1.27. The predicted octanol–water partition coefficient (Wildman–Crippen LogP) is 2.98. The largest absolute Gasteiger partial charge is 0.437 e. The Hall–Kier alpha value is -1.37. The molecule has 0 aliphatic carbocycles. The van der Waals surface area contributed by atoms with Gasteiger partial charge < -0.3 is 4.74 Å². The van der Waals surface area contributed by atoms with Crippen molar-refractivity contribution in [2.24, 2.45) is 0 Å². The Bertz CT molecular complexity index is 702. The van der Waals surface area contributed by atoms with Gasteiger partial charge >= 0.3 is 0 Å². The van der Waals surface area contributed by atoms with Crippen molar-refractivity contribution < 1.29 is 13.2 Å². The van der Waals surface area contributed by atoms with E-state index in [1.807, 2.05) is 0 Å². The van der Waals surface area contributed by atoms with Gasteiger partial charge in [0.2, 0.25) is 11.2 Å². The van der Waals surface area contributed by atoms with Crippen molar-refractivity contribution in [1.82, 2.24) is 9.97 Å². The summed E-state index contributed by atoms with van der Waals surface area (Å²) >= 11 is 11.5. The molecular formula is C11H8Cl2N2O3S. The van der Waals surface area contributed by atoms with Crippen LogP contribution >= 0.6 is 23.2 Å². The number of ether oxygens (including phenoxy) is 1. The highest BCUT2D eigenvalue weighted by molar-refractivity contribution is 7.90. The number of benzene rings is 1. The van der Waals surface area contributed by atoms with Gasteiger partial charge in [0.1, 0.15) is 10.8 Å². The summed E-state index contributed by atoms with van der Waals surface area (Å²) in [4.78, 5) is 7.71. The molecule has 0 aliphatic rings. The van der Waals surface area contributed by atoms with Gasteiger partial charge in [-0.1, -0.05) is 11.6 Å². The summed E-state index contributed by atoms with van der Waals surface area (Å²) in [5.74, 6) is 0.498.